The maximum atomic E-state index is 13.9. The van der Waals surface area contributed by atoms with Crippen LogP contribution in [0, 0.1) is 29.5 Å². The molecule has 1 aromatic carbocycles. The first kappa shape index (κ1) is 14.1. The molecule has 4 heteroatoms. The van der Waals surface area contributed by atoms with E-state index in [1.807, 2.05) is 0 Å². The summed E-state index contributed by atoms with van der Waals surface area (Å²) in [5.74, 6) is 6.01. The van der Waals surface area contributed by atoms with E-state index in [1.165, 1.54) is 31.4 Å². The SMILES string of the molecule is NCC#Cc1ccc(F)c(C(=O)NC2CC3CCC2C3)c1. The number of fused-ring (bicyclic) bond motifs is 2. The van der Waals surface area contributed by atoms with Crippen LogP contribution >= 0.6 is 0 Å². The van der Waals surface area contributed by atoms with Crippen LogP contribution in [-0.4, -0.2) is 18.5 Å². The third-order valence-corrected chi connectivity index (χ3v) is 4.60. The Bertz CT molecular complexity index is 617. The lowest BCUT2D eigenvalue weighted by Gasteiger charge is -2.23. The number of halogens is 1. The maximum Gasteiger partial charge on any atom is 0.254 e. The van der Waals surface area contributed by atoms with E-state index in [0.717, 1.165) is 12.3 Å². The van der Waals surface area contributed by atoms with Gasteiger partial charge in [0.1, 0.15) is 5.82 Å². The molecule has 0 aromatic heterocycles. The number of rotatable bonds is 2. The van der Waals surface area contributed by atoms with Gasteiger partial charge in [0.25, 0.3) is 5.91 Å². The Morgan fingerprint density at radius 2 is 2.24 bits per heavy atom. The van der Waals surface area contributed by atoms with Crippen LogP contribution in [0.4, 0.5) is 4.39 Å². The predicted molar refractivity (Wildman–Crippen MR) is 79.0 cm³/mol. The summed E-state index contributed by atoms with van der Waals surface area (Å²) < 4.78 is 13.9. The van der Waals surface area contributed by atoms with Gasteiger partial charge in [0.15, 0.2) is 0 Å². The van der Waals surface area contributed by atoms with E-state index in [4.69, 9.17) is 5.73 Å². The van der Waals surface area contributed by atoms with Crippen molar-refractivity contribution >= 4 is 5.91 Å². The lowest BCUT2D eigenvalue weighted by atomic mass is 9.95. The fourth-order valence-corrected chi connectivity index (χ4v) is 3.60. The molecule has 3 unspecified atom stereocenters. The van der Waals surface area contributed by atoms with Gasteiger partial charge in [0, 0.05) is 11.6 Å². The van der Waals surface area contributed by atoms with Crippen LogP contribution < -0.4 is 11.1 Å². The molecule has 2 aliphatic rings. The molecule has 2 fully saturated rings. The van der Waals surface area contributed by atoms with Crippen molar-refractivity contribution in [3.8, 4) is 11.8 Å². The van der Waals surface area contributed by atoms with E-state index in [2.05, 4.69) is 17.2 Å². The Labute approximate surface area is 124 Å². The average Bonchev–Trinajstić information content (AvgIpc) is 3.09. The van der Waals surface area contributed by atoms with E-state index in [1.54, 1.807) is 6.07 Å². The van der Waals surface area contributed by atoms with E-state index < -0.39 is 5.82 Å². The topological polar surface area (TPSA) is 55.1 Å². The maximum absolute atomic E-state index is 13.9. The zero-order valence-electron chi connectivity index (χ0n) is 11.9. The van der Waals surface area contributed by atoms with Crippen LogP contribution in [0.15, 0.2) is 18.2 Å². The summed E-state index contributed by atoms with van der Waals surface area (Å²) in [5.41, 5.74) is 6.00. The second-order valence-electron chi connectivity index (χ2n) is 5.96. The van der Waals surface area contributed by atoms with Crippen LogP contribution in [0.3, 0.4) is 0 Å². The van der Waals surface area contributed by atoms with Gasteiger partial charge < -0.3 is 11.1 Å². The summed E-state index contributed by atoms with van der Waals surface area (Å²) in [7, 11) is 0. The largest absolute Gasteiger partial charge is 0.349 e. The number of benzene rings is 1. The zero-order valence-corrected chi connectivity index (χ0v) is 11.9. The Hall–Kier alpha value is -1.86. The Kier molecular flexibility index (Phi) is 3.94. The summed E-state index contributed by atoms with van der Waals surface area (Å²) in [6, 6.07) is 4.55. The van der Waals surface area contributed by atoms with Gasteiger partial charge in [0.2, 0.25) is 0 Å². The van der Waals surface area contributed by atoms with Crippen molar-refractivity contribution in [1.29, 1.82) is 0 Å². The van der Waals surface area contributed by atoms with Crippen molar-refractivity contribution in [1.82, 2.24) is 5.32 Å². The van der Waals surface area contributed by atoms with E-state index in [9.17, 15) is 9.18 Å². The average molecular weight is 286 g/mol. The van der Waals surface area contributed by atoms with Crippen molar-refractivity contribution in [3.63, 3.8) is 0 Å². The number of hydrogen-bond donors (Lipinski definition) is 2. The molecule has 0 radical (unpaired) electrons. The highest BCUT2D eigenvalue weighted by Gasteiger charge is 2.40. The van der Waals surface area contributed by atoms with Gasteiger partial charge in [-0.25, -0.2) is 4.39 Å². The molecular formula is C17H19FN2O. The third-order valence-electron chi connectivity index (χ3n) is 4.60. The monoisotopic (exact) mass is 286 g/mol. The second kappa shape index (κ2) is 5.87. The van der Waals surface area contributed by atoms with Gasteiger partial charge >= 0.3 is 0 Å². The summed E-state index contributed by atoms with van der Waals surface area (Å²) >= 11 is 0. The molecule has 0 spiro atoms. The molecule has 2 bridgehead atoms. The molecular weight excluding hydrogens is 267 g/mol. The number of hydrogen-bond acceptors (Lipinski definition) is 2. The fraction of sp³-hybridized carbons (Fsp3) is 0.471. The quantitative estimate of drug-likeness (QED) is 0.818. The lowest BCUT2D eigenvalue weighted by molar-refractivity contribution is 0.0919. The molecule has 21 heavy (non-hydrogen) atoms. The summed E-state index contributed by atoms with van der Waals surface area (Å²) in [6.07, 6.45) is 4.69. The third kappa shape index (κ3) is 2.93. The lowest BCUT2D eigenvalue weighted by Crippen LogP contribution is -2.38. The van der Waals surface area contributed by atoms with Gasteiger partial charge in [-0.2, -0.15) is 0 Å². The first-order valence-electron chi connectivity index (χ1n) is 7.46. The summed E-state index contributed by atoms with van der Waals surface area (Å²) in [5, 5.41) is 3.00. The standard InChI is InChI=1S/C17H19FN2O/c18-15-6-4-11(2-1-7-19)9-14(15)17(21)20-16-10-12-3-5-13(16)8-12/h4,6,9,12-13,16H,3,5,7-8,10,19H2,(H,20,21). The first-order valence-corrected chi connectivity index (χ1v) is 7.46. The summed E-state index contributed by atoms with van der Waals surface area (Å²) in [4.78, 5) is 12.3. The van der Waals surface area contributed by atoms with Crippen LogP contribution in [0.2, 0.25) is 0 Å². The van der Waals surface area contributed by atoms with Gasteiger partial charge in [-0.15, -0.1) is 0 Å². The predicted octanol–water partition coefficient (Wildman–Crippen LogP) is 2.05. The van der Waals surface area contributed by atoms with Crippen molar-refractivity contribution in [3.05, 3.63) is 35.1 Å². The van der Waals surface area contributed by atoms with E-state index in [-0.39, 0.29) is 24.1 Å². The van der Waals surface area contributed by atoms with Gasteiger partial charge in [0.05, 0.1) is 12.1 Å². The molecule has 3 nitrogen and oxygen atoms in total. The fourth-order valence-electron chi connectivity index (χ4n) is 3.60. The Morgan fingerprint density at radius 1 is 1.38 bits per heavy atom. The van der Waals surface area contributed by atoms with Gasteiger partial charge in [-0.3, -0.25) is 4.79 Å². The molecule has 0 saturated heterocycles. The van der Waals surface area contributed by atoms with Crippen LogP contribution in [0.5, 0.6) is 0 Å². The van der Waals surface area contributed by atoms with Gasteiger partial charge in [-0.1, -0.05) is 18.3 Å². The Balaban J connectivity index is 1.74. The molecule has 3 N–H and O–H groups in total. The van der Waals surface area contributed by atoms with Crippen molar-refractivity contribution < 1.29 is 9.18 Å². The number of nitrogens with one attached hydrogen (secondary N) is 1. The Morgan fingerprint density at radius 3 is 2.90 bits per heavy atom. The number of amides is 1. The van der Waals surface area contributed by atoms with Crippen LogP contribution in [0.1, 0.15) is 41.6 Å². The smallest absolute Gasteiger partial charge is 0.254 e. The van der Waals surface area contributed by atoms with E-state index >= 15 is 0 Å². The molecule has 3 atom stereocenters. The highest BCUT2D eigenvalue weighted by Crippen LogP contribution is 2.44. The molecule has 1 amide bonds. The molecule has 2 aliphatic carbocycles. The number of nitrogens with two attached hydrogens (primary N) is 1. The molecule has 1 aromatic rings. The second-order valence-corrected chi connectivity index (χ2v) is 5.96. The number of carbonyl (C=O) groups is 1. The number of carbonyl (C=O) groups excluding carboxylic acids is 1. The molecule has 0 heterocycles. The molecule has 110 valence electrons. The molecule has 2 saturated carbocycles. The van der Waals surface area contributed by atoms with Crippen molar-refractivity contribution in [2.24, 2.45) is 17.6 Å². The van der Waals surface area contributed by atoms with Crippen molar-refractivity contribution in [2.45, 2.75) is 31.7 Å². The minimum atomic E-state index is -0.506. The zero-order chi connectivity index (χ0) is 14.8. The first-order chi connectivity index (χ1) is 10.2. The van der Waals surface area contributed by atoms with Crippen LogP contribution in [0.25, 0.3) is 0 Å². The minimum absolute atomic E-state index is 0.0709. The van der Waals surface area contributed by atoms with E-state index in [0.29, 0.717) is 11.5 Å². The van der Waals surface area contributed by atoms with Crippen LogP contribution in [-0.2, 0) is 0 Å². The highest BCUT2D eigenvalue weighted by molar-refractivity contribution is 5.95. The minimum Gasteiger partial charge on any atom is -0.349 e. The molecule has 3 rings (SSSR count). The van der Waals surface area contributed by atoms with Gasteiger partial charge in [-0.05, 0) is 49.3 Å². The van der Waals surface area contributed by atoms with Crippen molar-refractivity contribution in [2.75, 3.05) is 6.54 Å². The summed E-state index contributed by atoms with van der Waals surface area (Å²) in [6.45, 7) is 0.240. The highest BCUT2D eigenvalue weighted by atomic mass is 19.1. The molecule has 0 aliphatic heterocycles. The normalized spacial score (nSPS) is 26.3.